The topological polar surface area (TPSA) is 169 Å². The molecule has 0 saturated carbocycles. The Bertz CT molecular complexity index is 1710. The molecule has 1 aliphatic heterocycles. The van der Waals surface area contributed by atoms with Crippen LogP contribution in [0.25, 0.3) is 0 Å². The fourth-order valence-corrected chi connectivity index (χ4v) is 6.35. The van der Waals surface area contributed by atoms with Crippen LogP contribution in [0.3, 0.4) is 0 Å². The van der Waals surface area contributed by atoms with Gasteiger partial charge in [-0.3, -0.25) is 13.9 Å². The van der Waals surface area contributed by atoms with Gasteiger partial charge in [0.2, 0.25) is 0 Å². The Morgan fingerprint density at radius 3 is 2.60 bits per heavy atom. The number of carboxylic acids is 1. The second-order valence-corrected chi connectivity index (χ2v) is 11.5. The summed E-state index contributed by atoms with van der Waals surface area (Å²) in [5.74, 6) is -2.49. The van der Waals surface area contributed by atoms with Crippen LogP contribution in [0.4, 0.5) is 11.4 Å². The molecule has 11 nitrogen and oxygen atoms in total. The van der Waals surface area contributed by atoms with Gasteiger partial charge in [0.25, 0.3) is 21.8 Å². The van der Waals surface area contributed by atoms with E-state index in [4.69, 9.17) is 5.26 Å². The Morgan fingerprint density at radius 1 is 1.07 bits per heavy atom. The first-order valence-electron chi connectivity index (χ1n) is 13.4. The van der Waals surface area contributed by atoms with Crippen molar-refractivity contribution in [3.63, 3.8) is 0 Å². The van der Waals surface area contributed by atoms with E-state index in [2.05, 4.69) is 15.5 Å². The molecule has 0 aromatic heterocycles. The van der Waals surface area contributed by atoms with E-state index in [9.17, 15) is 27.9 Å². The fourth-order valence-electron chi connectivity index (χ4n) is 4.60. The average molecular weight is 588 g/mol. The zero-order valence-electron chi connectivity index (χ0n) is 22.9. The maximum absolute atomic E-state index is 14.0. The normalized spacial score (nSPS) is 12.6. The van der Waals surface area contributed by atoms with E-state index in [1.165, 1.54) is 34.6 Å². The van der Waals surface area contributed by atoms with Crippen LogP contribution < -0.4 is 9.62 Å². The summed E-state index contributed by atoms with van der Waals surface area (Å²) in [4.78, 5) is 36.8. The molecule has 0 aliphatic carbocycles. The monoisotopic (exact) mass is 587 g/mol. The number of aromatic carboxylic acids is 1. The molecular weight excluding hydrogens is 558 g/mol. The standard InChI is InChI=1S/C30H29N5O6S/c1-2-3-4-9-28(36)34-32-19-23-12-11-22(29(37)33-25-13-10-20(18-31)16-24(25)30(38)39)17-27(23)42(40,41)35-15-14-21-7-5-6-8-26(21)35/h5-8,10-13,16-17H,2-4,9,14-15,19H2,1H3,(H,33,37)(H,38,39). The van der Waals surface area contributed by atoms with E-state index in [1.54, 1.807) is 12.1 Å². The number of carboxylic acid groups (broad SMARTS) is 1. The number of sulfonamides is 1. The lowest BCUT2D eigenvalue weighted by Crippen LogP contribution is -2.30. The van der Waals surface area contributed by atoms with E-state index in [0.717, 1.165) is 24.5 Å². The number of anilines is 2. The van der Waals surface area contributed by atoms with Crippen LogP contribution in [-0.2, 0) is 27.8 Å². The van der Waals surface area contributed by atoms with E-state index in [0.29, 0.717) is 18.5 Å². The molecule has 2 N–H and O–H groups in total. The number of para-hydroxylation sites is 1. The van der Waals surface area contributed by atoms with Crippen LogP contribution in [0.5, 0.6) is 0 Å². The maximum Gasteiger partial charge on any atom is 0.337 e. The van der Waals surface area contributed by atoms with Crippen molar-refractivity contribution in [1.82, 2.24) is 0 Å². The number of hydrogen-bond donors (Lipinski definition) is 2. The minimum atomic E-state index is -4.17. The van der Waals surface area contributed by atoms with E-state index < -0.39 is 27.8 Å². The SMILES string of the molecule is CCCCCC(=O)N=NCc1ccc(C(=O)Nc2ccc(C#N)cc2C(=O)O)cc1S(=O)(=O)N1CCc2ccccc21. The largest absolute Gasteiger partial charge is 0.478 e. The number of benzene rings is 3. The molecule has 0 atom stereocenters. The molecule has 0 saturated heterocycles. The number of fused-ring (bicyclic) bond motifs is 1. The number of amides is 2. The van der Waals surface area contributed by atoms with Crippen LogP contribution in [0, 0.1) is 11.3 Å². The quantitative estimate of drug-likeness (QED) is 0.226. The van der Waals surface area contributed by atoms with Crippen LogP contribution in [0.15, 0.2) is 75.8 Å². The second kappa shape index (κ2) is 13.2. The maximum atomic E-state index is 14.0. The van der Waals surface area contributed by atoms with Crippen LogP contribution in [0.1, 0.15) is 70.0 Å². The van der Waals surface area contributed by atoms with Gasteiger partial charge in [0, 0.05) is 18.5 Å². The van der Waals surface area contributed by atoms with E-state index in [1.807, 2.05) is 25.1 Å². The van der Waals surface area contributed by atoms with Gasteiger partial charge in [0.05, 0.1) is 40.0 Å². The highest BCUT2D eigenvalue weighted by Crippen LogP contribution is 2.34. The molecule has 2 amide bonds. The summed E-state index contributed by atoms with van der Waals surface area (Å²) < 4.78 is 29.2. The van der Waals surface area contributed by atoms with Crippen molar-refractivity contribution >= 4 is 39.2 Å². The Labute approximate surface area is 243 Å². The molecule has 42 heavy (non-hydrogen) atoms. The predicted octanol–water partition coefficient (Wildman–Crippen LogP) is 5.32. The van der Waals surface area contributed by atoms with Gasteiger partial charge >= 0.3 is 5.97 Å². The van der Waals surface area contributed by atoms with Crippen molar-refractivity contribution < 1.29 is 27.9 Å². The Balaban J connectivity index is 1.69. The number of rotatable bonds is 11. The van der Waals surface area contributed by atoms with Crippen molar-refractivity contribution in [1.29, 1.82) is 5.26 Å². The van der Waals surface area contributed by atoms with Crippen molar-refractivity contribution in [3.8, 4) is 6.07 Å². The lowest BCUT2D eigenvalue weighted by atomic mass is 10.1. The summed E-state index contributed by atoms with van der Waals surface area (Å²) in [7, 11) is -4.17. The molecule has 1 heterocycles. The number of unbranched alkanes of at least 4 members (excludes halogenated alkanes) is 2. The Hall–Kier alpha value is -4.89. The van der Waals surface area contributed by atoms with Gasteiger partial charge in [-0.2, -0.15) is 10.4 Å². The van der Waals surface area contributed by atoms with E-state index in [-0.39, 0.29) is 52.3 Å². The number of carbonyl (C=O) groups is 3. The van der Waals surface area contributed by atoms with Crippen molar-refractivity contribution in [2.75, 3.05) is 16.2 Å². The molecule has 3 aromatic rings. The van der Waals surface area contributed by atoms with E-state index >= 15 is 0 Å². The van der Waals surface area contributed by atoms with Crippen molar-refractivity contribution in [3.05, 3.63) is 88.5 Å². The smallest absolute Gasteiger partial charge is 0.337 e. The van der Waals surface area contributed by atoms with Gasteiger partial charge in [-0.25, -0.2) is 13.2 Å². The number of azo groups is 1. The first kappa shape index (κ1) is 30.1. The number of nitrogens with one attached hydrogen (secondary N) is 1. The van der Waals surface area contributed by atoms with Crippen molar-refractivity contribution in [2.24, 2.45) is 10.2 Å². The molecule has 3 aromatic carbocycles. The third-order valence-electron chi connectivity index (χ3n) is 6.79. The number of hydrogen-bond acceptors (Lipinski definition) is 7. The zero-order valence-corrected chi connectivity index (χ0v) is 23.7. The molecule has 0 bridgehead atoms. The lowest BCUT2D eigenvalue weighted by molar-refractivity contribution is -0.118. The van der Waals surface area contributed by atoms with Gasteiger partial charge in [-0.15, -0.1) is 5.11 Å². The molecule has 12 heteroatoms. The third kappa shape index (κ3) is 6.70. The highest BCUT2D eigenvalue weighted by Gasteiger charge is 2.33. The highest BCUT2D eigenvalue weighted by molar-refractivity contribution is 7.93. The van der Waals surface area contributed by atoms with Gasteiger partial charge < -0.3 is 10.4 Å². The minimum Gasteiger partial charge on any atom is -0.478 e. The first-order valence-corrected chi connectivity index (χ1v) is 14.8. The second-order valence-electron chi connectivity index (χ2n) is 9.66. The summed E-state index contributed by atoms with van der Waals surface area (Å²) >= 11 is 0. The molecule has 0 unspecified atom stereocenters. The summed E-state index contributed by atoms with van der Waals surface area (Å²) in [5.41, 5.74) is 1.37. The molecule has 0 radical (unpaired) electrons. The van der Waals surface area contributed by atoms with Crippen LogP contribution >= 0.6 is 0 Å². The Morgan fingerprint density at radius 2 is 1.86 bits per heavy atom. The predicted molar refractivity (Wildman–Crippen MR) is 155 cm³/mol. The Kier molecular flexibility index (Phi) is 9.44. The number of nitrogens with zero attached hydrogens (tertiary/aromatic N) is 4. The third-order valence-corrected chi connectivity index (χ3v) is 8.68. The summed E-state index contributed by atoms with van der Waals surface area (Å²) in [6.07, 6.45) is 3.30. The van der Waals surface area contributed by atoms with Gasteiger partial charge in [-0.1, -0.05) is 44.0 Å². The van der Waals surface area contributed by atoms with Gasteiger partial charge in [-0.05, 0) is 60.4 Å². The molecule has 0 spiro atoms. The zero-order chi connectivity index (χ0) is 30.3. The highest BCUT2D eigenvalue weighted by atomic mass is 32.2. The molecule has 216 valence electrons. The minimum absolute atomic E-state index is 0.0434. The number of carbonyl (C=O) groups excluding carboxylic acids is 2. The summed E-state index contributed by atoms with van der Waals surface area (Å²) in [5, 5.41) is 28.8. The summed E-state index contributed by atoms with van der Waals surface area (Å²) in [6, 6.07) is 16.8. The molecular formula is C30H29N5O6S. The number of nitriles is 1. The molecule has 1 aliphatic rings. The van der Waals surface area contributed by atoms with Gasteiger partial charge in [0.15, 0.2) is 0 Å². The summed E-state index contributed by atoms with van der Waals surface area (Å²) in [6.45, 7) is 2.03. The van der Waals surface area contributed by atoms with Crippen LogP contribution in [-0.4, -0.2) is 37.9 Å². The fraction of sp³-hybridized carbons (Fsp3) is 0.267. The molecule has 4 rings (SSSR count). The van der Waals surface area contributed by atoms with Crippen LogP contribution in [0.2, 0.25) is 0 Å². The lowest BCUT2D eigenvalue weighted by Gasteiger charge is -2.21. The molecule has 0 fully saturated rings. The van der Waals surface area contributed by atoms with Gasteiger partial charge in [0.1, 0.15) is 0 Å². The first-order chi connectivity index (χ1) is 20.1. The van der Waals surface area contributed by atoms with Crippen molar-refractivity contribution in [2.45, 2.75) is 50.5 Å². The average Bonchev–Trinajstić information content (AvgIpc) is 3.42.